The number of nitrogens with zero attached hydrogens (tertiary/aromatic N) is 2. The lowest BCUT2D eigenvalue weighted by atomic mass is 9.87. The molecule has 0 saturated heterocycles. The molecule has 0 unspecified atom stereocenters. The standard InChI is InChI=1S/C19H26FN3O3S/c1-12(2)16-6-15(20)7-17(13(3)4)18(16)8-19(24)22-27(25,26)11-14-9-21-23(5)10-14/h6-7,9-10,12-13H,8,11H2,1-5H3,(H,22,24). The lowest BCUT2D eigenvalue weighted by molar-refractivity contribution is -0.118. The number of hydrogen-bond donors (Lipinski definition) is 1. The number of hydrogen-bond acceptors (Lipinski definition) is 4. The molecule has 0 fully saturated rings. The van der Waals surface area contributed by atoms with E-state index in [9.17, 15) is 17.6 Å². The second-order valence-corrected chi connectivity index (χ2v) is 9.08. The number of carbonyl (C=O) groups is 1. The largest absolute Gasteiger partial charge is 0.276 e. The van der Waals surface area contributed by atoms with Gasteiger partial charge in [0.25, 0.3) is 0 Å². The van der Waals surface area contributed by atoms with Crippen LogP contribution in [0.1, 0.15) is 61.8 Å². The normalized spacial score (nSPS) is 12.0. The molecule has 2 aromatic rings. The Kier molecular flexibility index (Phi) is 6.41. The summed E-state index contributed by atoms with van der Waals surface area (Å²) in [5.41, 5.74) is 2.62. The van der Waals surface area contributed by atoms with Gasteiger partial charge < -0.3 is 0 Å². The highest BCUT2D eigenvalue weighted by Gasteiger charge is 2.22. The maximum atomic E-state index is 14.0. The first kappa shape index (κ1) is 21.1. The monoisotopic (exact) mass is 395 g/mol. The first-order valence-electron chi connectivity index (χ1n) is 8.81. The molecule has 0 saturated carbocycles. The third kappa shape index (κ3) is 5.63. The minimum atomic E-state index is -3.84. The predicted octanol–water partition coefficient (Wildman–Crippen LogP) is 2.99. The van der Waals surface area contributed by atoms with Gasteiger partial charge in [0, 0.05) is 18.8 Å². The van der Waals surface area contributed by atoms with Gasteiger partial charge in [-0.25, -0.2) is 12.8 Å². The van der Waals surface area contributed by atoms with E-state index < -0.39 is 15.9 Å². The second kappa shape index (κ2) is 8.21. The Labute approximate surface area is 159 Å². The van der Waals surface area contributed by atoms with Crippen molar-refractivity contribution in [3.05, 3.63) is 52.6 Å². The molecule has 1 aromatic carbocycles. The SMILES string of the molecule is CC(C)c1cc(F)cc(C(C)C)c1CC(=O)NS(=O)(=O)Cc1cnn(C)c1. The van der Waals surface area contributed by atoms with Gasteiger partial charge in [-0.2, -0.15) is 5.10 Å². The van der Waals surface area contributed by atoms with E-state index in [-0.39, 0.29) is 29.8 Å². The summed E-state index contributed by atoms with van der Waals surface area (Å²) >= 11 is 0. The van der Waals surface area contributed by atoms with Gasteiger partial charge in [-0.05, 0) is 40.7 Å². The van der Waals surface area contributed by atoms with E-state index in [1.807, 2.05) is 27.7 Å². The van der Waals surface area contributed by atoms with Crippen LogP contribution in [0.3, 0.4) is 0 Å². The number of sulfonamides is 1. The number of amides is 1. The van der Waals surface area contributed by atoms with E-state index in [0.717, 1.165) is 11.1 Å². The Morgan fingerprint density at radius 3 is 2.19 bits per heavy atom. The summed E-state index contributed by atoms with van der Waals surface area (Å²) in [6.07, 6.45) is 2.91. The van der Waals surface area contributed by atoms with Crippen LogP contribution in [0.2, 0.25) is 0 Å². The van der Waals surface area contributed by atoms with E-state index in [0.29, 0.717) is 11.1 Å². The summed E-state index contributed by atoms with van der Waals surface area (Å²) in [7, 11) is -2.16. The summed E-state index contributed by atoms with van der Waals surface area (Å²) in [5.74, 6) is -1.30. The molecule has 1 N–H and O–H groups in total. The van der Waals surface area contributed by atoms with E-state index in [1.165, 1.54) is 23.0 Å². The van der Waals surface area contributed by atoms with Gasteiger partial charge in [0.2, 0.25) is 15.9 Å². The zero-order valence-corrected chi connectivity index (χ0v) is 17.1. The van der Waals surface area contributed by atoms with Crippen LogP contribution in [0, 0.1) is 5.82 Å². The molecule has 0 radical (unpaired) electrons. The van der Waals surface area contributed by atoms with Crippen LogP contribution in [-0.2, 0) is 34.0 Å². The Morgan fingerprint density at radius 1 is 1.19 bits per heavy atom. The molecule has 148 valence electrons. The second-order valence-electron chi connectivity index (χ2n) is 7.36. The fraction of sp³-hybridized carbons (Fsp3) is 0.474. The van der Waals surface area contributed by atoms with E-state index in [1.54, 1.807) is 13.2 Å². The molecular weight excluding hydrogens is 369 g/mol. The number of aryl methyl sites for hydroxylation is 1. The number of benzene rings is 1. The Balaban J connectivity index is 2.24. The van der Waals surface area contributed by atoms with Crippen LogP contribution in [0.5, 0.6) is 0 Å². The molecule has 0 aliphatic rings. The van der Waals surface area contributed by atoms with Gasteiger partial charge in [0.05, 0.1) is 18.4 Å². The Hall–Kier alpha value is -2.22. The van der Waals surface area contributed by atoms with Crippen LogP contribution < -0.4 is 4.72 Å². The third-order valence-electron chi connectivity index (χ3n) is 4.25. The average Bonchev–Trinajstić information content (AvgIpc) is 2.91. The molecule has 0 aliphatic carbocycles. The summed E-state index contributed by atoms with van der Waals surface area (Å²) < 4.78 is 42.1. The number of rotatable bonds is 7. The maximum Gasteiger partial charge on any atom is 0.239 e. The van der Waals surface area contributed by atoms with Gasteiger partial charge in [-0.3, -0.25) is 14.2 Å². The van der Waals surface area contributed by atoms with Gasteiger partial charge in [0.1, 0.15) is 5.82 Å². The van der Waals surface area contributed by atoms with Crippen molar-refractivity contribution in [1.29, 1.82) is 0 Å². The van der Waals surface area contributed by atoms with Crippen LogP contribution in [0.4, 0.5) is 4.39 Å². The van der Waals surface area contributed by atoms with Crippen molar-refractivity contribution in [1.82, 2.24) is 14.5 Å². The molecule has 0 bridgehead atoms. The molecular formula is C19H26FN3O3S. The first-order chi connectivity index (χ1) is 12.5. The van der Waals surface area contributed by atoms with Gasteiger partial charge in [0.15, 0.2) is 0 Å². The Bertz CT molecular complexity index is 904. The van der Waals surface area contributed by atoms with Crippen molar-refractivity contribution in [2.24, 2.45) is 7.05 Å². The van der Waals surface area contributed by atoms with Crippen molar-refractivity contribution >= 4 is 15.9 Å². The van der Waals surface area contributed by atoms with E-state index in [2.05, 4.69) is 9.82 Å². The van der Waals surface area contributed by atoms with Crippen LogP contribution in [0.25, 0.3) is 0 Å². The molecule has 27 heavy (non-hydrogen) atoms. The summed E-state index contributed by atoms with van der Waals surface area (Å²) in [6, 6.07) is 2.84. The predicted molar refractivity (Wildman–Crippen MR) is 102 cm³/mol. The highest BCUT2D eigenvalue weighted by molar-refractivity contribution is 7.89. The fourth-order valence-corrected chi connectivity index (χ4v) is 4.17. The first-order valence-corrected chi connectivity index (χ1v) is 10.5. The van der Waals surface area contributed by atoms with Gasteiger partial charge in [-0.15, -0.1) is 0 Å². The van der Waals surface area contributed by atoms with Crippen LogP contribution in [0.15, 0.2) is 24.5 Å². The number of halogens is 1. The summed E-state index contributed by atoms with van der Waals surface area (Å²) in [4.78, 5) is 12.5. The molecule has 6 nitrogen and oxygen atoms in total. The van der Waals surface area contributed by atoms with Crippen LogP contribution >= 0.6 is 0 Å². The van der Waals surface area contributed by atoms with Crippen molar-refractivity contribution in [2.75, 3.05) is 0 Å². The molecule has 8 heteroatoms. The van der Waals surface area contributed by atoms with E-state index in [4.69, 9.17) is 0 Å². The lowest BCUT2D eigenvalue weighted by Gasteiger charge is -2.20. The lowest BCUT2D eigenvalue weighted by Crippen LogP contribution is -2.33. The van der Waals surface area contributed by atoms with Crippen molar-refractivity contribution < 1.29 is 17.6 Å². The number of carbonyl (C=O) groups excluding carboxylic acids is 1. The molecule has 0 aliphatic heterocycles. The minimum Gasteiger partial charge on any atom is -0.276 e. The Morgan fingerprint density at radius 2 is 1.74 bits per heavy atom. The maximum absolute atomic E-state index is 14.0. The summed E-state index contributed by atoms with van der Waals surface area (Å²) in [5, 5.41) is 3.92. The quantitative estimate of drug-likeness (QED) is 0.781. The minimum absolute atomic E-state index is 0.00741. The number of aromatic nitrogens is 2. The fourth-order valence-electron chi connectivity index (χ4n) is 3.09. The molecule has 1 aromatic heterocycles. The van der Waals surface area contributed by atoms with Crippen molar-refractivity contribution in [3.8, 4) is 0 Å². The highest BCUT2D eigenvalue weighted by Crippen LogP contribution is 2.29. The zero-order valence-electron chi connectivity index (χ0n) is 16.3. The smallest absolute Gasteiger partial charge is 0.239 e. The molecule has 2 rings (SSSR count). The summed E-state index contributed by atoms with van der Waals surface area (Å²) in [6.45, 7) is 7.66. The third-order valence-corrected chi connectivity index (χ3v) is 5.50. The molecule has 1 heterocycles. The average molecular weight is 396 g/mol. The topological polar surface area (TPSA) is 81.1 Å². The van der Waals surface area contributed by atoms with Crippen molar-refractivity contribution in [2.45, 2.75) is 51.7 Å². The van der Waals surface area contributed by atoms with Gasteiger partial charge in [-0.1, -0.05) is 27.7 Å². The zero-order chi connectivity index (χ0) is 20.4. The number of nitrogens with one attached hydrogen (secondary N) is 1. The highest BCUT2D eigenvalue weighted by atomic mass is 32.2. The molecule has 0 atom stereocenters. The van der Waals surface area contributed by atoms with Crippen LogP contribution in [-0.4, -0.2) is 24.1 Å². The van der Waals surface area contributed by atoms with Crippen molar-refractivity contribution in [3.63, 3.8) is 0 Å². The molecule has 1 amide bonds. The molecule has 0 spiro atoms. The van der Waals surface area contributed by atoms with E-state index >= 15 is 0 Å². The van der Waals surface area contributed by atoms with Gasteiger partial charge >= 0.3 is 0 Å².